The van der Waals surface area contributed by atoms with Crippen molar-refractivity contribution in [2.24, 2.45) is 0 Å². The number of hydrogen-bond acceptors (Lipinski definition) is 4. The van der Waals surface area contributed by atoms with Gasteiger partial charge >= 0.3 is 0 Å². The van der Waals surface area contributed by atoms with Crippen molar-refractivity contribution in [1.29, 1.82) is 0 Å². The molecule has 90 valence electrons. The Kier molecular flexibility index (Phi) is 4.86. The van der Waals surface area contributed by atoms with E-state index in [0.29, 0.717) is 11.7 Å². The van der Waals surface area contributed by atoms with Gasteiger partial charge in [-0.15, -0.1) is 0 Å². The molecule has 0 bridgehead atoms. The van der Waals surface area contributed by atoms with Crippen LogP contribution in [0.4, 0.5) is 5.82 Å². The molecule has 0 spiro atoms. The molecule has 5 heteroatoms. The Bertz CT molecular complexity index is 368. The standard InChI is InChI=1S/C11H19N3OS/c1-8(2)10-5-11(13-7-12-10)14-9(3)6-16(4)15/h5,7-9H,6H2,1-4H3,(H,12,13,14). The largest absolute Gasteiger partial charge is 0.367 e. The highest BCUT2D eigenvalue weighted by molar-refractivity contribution is 7.84. The Hall–Kier alpha value is -0.970. The second-order valence-corrected chi connectivity index (χ2v) is 5.75. The van der Waals surface area contributed by atoms with Gasteiger partial charge in [-0.05, 0) is 12.8 Å². The molecule has 0 fully saturated rings. The van der Waals surface area contributed by atoms with Crippen LogP contribution >= 0.6 is 0 Å². The predicted molar refractivity (Wildman–Crippen MR) is 68.1 cm³/mol. The maximum absolute atomic E-state index is 11.1. The van der Waals surface area contributed by atoms with E-state index in [1.807, 2.05) is 13.0 Å². The van der Waals surface area contributed by atoms with Crippen molar-refractivity contribution in [2.75, 3.05) is 17.3 Å². The van der Waals surface area contributed by atoms with Crippen LogP contribution in [-0.2, 0) is 10.8 Å². The quantitative estimate of drug-likeness (QED) is 0.853. The summed E-state index contributed by atoms with van der Waals surface area (Å²) in [7, 11) is -0.789. The smallest absolute Gasteiger partial charge is 0.129 e. The third kappa shape index (κ3) is 4.26. The summed E-state index contributed by atoms with van der Waals surface area (Å²) < 4.78 is 11.1. The van der Waals surface area contributed by atoms with E-state index < -0.39 is 10.8 Å². The van der Waals surface area contributed by atoms with Crippen LogP contribution in [0.15, 0.2) is 12.4 Å². The minimum atomic E-state index is -0.789. The van der Waals surface area contributed by atoms with Crippen LogP contribution in [0.5, 0.6) is 0 Å². The van der Waals surface area contributed by atoms with E-state index in [0.717, 1.165) is 11.5 Å². The van der Waals surface area contributed by atoms with Crippen LogP contribution in [0.1, 0.15) is 32.4 Å². The second kappa shape index (κ2) is 5.94. The summed E-state index contributed by atoms with van der Waals surface area (Å²) in [5.41, 5.74) is 1.02. The predicted octanol–water partition coefficient (Wildman–Crippen LogP) is 1.78. The lowest BCUT2D eigenvalue weighted by atomic mass is 10.1. The van der Waals surface area contributed by atoms with E-state index in [2.05, 4.69) is 29.1 Å². The van der Waals surface area contributed by atoms with Gasteiger partial charge in [-0.25, -0.2) is 9.97 Å². The van der Waals surface area contributed by atoms with Gasteiger partial charge in [-0.3, -0.25) is 4.21 Å². The molecule has 1 aromatic heterocycles. The molecule has 1 heterocycles. The molecule has 4 nitrogen and oxygen atoms in total. The summed E-state index contributed by atoms with van der Waals surface area (Å²) in [6.45, 7) is 6.19. The Morgan fingerprint density at radius 2 is 2.06 bits per heavy atom. The van der Waals surface area contributed by atoms with Gasteiger partial charge in [0.25, 0.3) is 0 Å². The molecule has 0 saturated heterocycles. The Morgan fingerprint density at radius 1 is 1.38 bits per heavy atom. The number of anilines is 1. The third-order valence-electron chi connectivity index (χ3n) is 2.16. The summed E-state index contributed by atoms with van der Waals surface area (Å²) in [6.07, 6.45) is 3.27. The normalized spacial score (nSPS) is 14.8. The Balaban J connectivity index is 2.66. The molecule has 1 rings (SSSR count). The van der Waals surface area contributed by atoms with Gasteiger partial charge < -0.3 is 5.32 Å². The number of nitrogens with one attached hydrogen (secondary N) is 1. The fourth-order valence-corrected chi connectivity index (χ4v) is 2.20. The van der Waals surface area contributed by atoms with Gasteiger partial charge in [0.05, 0.1) is 0 Å². The molecule has 0 aliphatic carbocycles. The molecule has 0 aliphatic rings. The van der Waals surface area contributed by atoms with E-state index in [1.165, 1.54) is 0 Å². The summed E-state index contributed by atoms with van der Waals surface area (Å²) in [4.78, 5) is 8.34. The summed E-state index contributed by atoms with van der Waals surface area (Å²) in [5.74, 6) is 1.82. The second-order valence-electron chi connectivity index (χ2n) is 4.27. The molecule has 0 amide bonds. The molecule has 1 aromatic rings. The van der Waals surface area contributed by atoms with Gasteiger partial charge in [-0.2, -0.15) is 0 Å². The highest BCUT2D eigenvalue weighted by Gasteiger charge is 2.07. The maximum Gasteiger partial charge on any atom is 0.129 e. The van der Waals surface area contributed by atoms with Crippen molar-refractivity contribution < 1.29 is 4.21 Å². The summed E-state index contributed by atoms with van der Waals surface area (Å²) in [6, 6.07) is 2.10. The first kappa shape index (κ1) is 13.1. The molecule has 0 radical (unpaired) electrons. The lowest BCUT2D eigenvalue weighted by molar-refractivity contribution is 0.682. The molecule has 0 aromatic carbocycles. The van der Waals surface area contributed by atoms with Crippen molar-refractivity contribution in [3.63, 3.8) is 0 Å². The zero-order chi connectivity index (χ0) is 12.1. The topological polar surface area (TPSA) is 54.9 Å². The van der Waals surface area contributed by atoms with Crippen LogP contribution in [0, 0.1) is 0 Å². The first-order valence-electron chi connectivity index (χ1n) is 5.37. The van der Waals surface area contributed by atoms with Crippen molar-refractivity contribution in [1.82, 2.24) is 9.97 Å². The Labute approximate surface area is 99.3 Å². The minimum Gasteiger partial charge on any atom is -0.367 e. The fourth-order valence-electron chi connectivity index (χ4n) is 1.41. The number of aromatic nitrogens is 2. The van der Waals surface area contributed by atoms with Gasteiger partial charge in [0, 0.05) is 40.6 Å². The first-order valence-corrected chi connectivity index (χ1v) is 7.10. The van der Waals surface area contributed by atoms with Crippen molar-refractivity contribution >= 4 is 16.6 Å². The zero-order valence-corrected chi connectivity index (χ0v) is 11.0. The van der Waals surface area contributed by atoms with Crippen LogP contribution < -0.4 is 5.32 Å². The number of hydrogen-bond donors (Lipinski definition) is 1. The van der Waals surface area contributed by atoms with E-state index in [-0.39, 0.29) is 6.04 Å². The molecule has 16 heavy (non-hydrogen) atoms. The zero-order valence-electron chi connectivity index (χ0n) is 10.2. The fraction of sp³-hybridized carbons (Fsp3) is 0.636. The van der Waals surface area contributed by atoms with Gasteiger partial charge in [0.15, 0.2) is 0 Å². The maximum atomic E-state index is 11.1. The lowest BCUT2D eigenvalue weighted by Gasteiger charge is -2.14. The van der Waals surface area contributed by atoms with E-state index in [9.17, 15) is 4.21 Å². The van der Waals surface area contributed by atoms with Crippen LogP contribution in [0.2, 0.25) is 0 Å². The first-order chi connectivity index (χ1) is 7.49. The number of nitrogens with zero attached hydrogens (tertiary/aromatic N) is 2. The molecule has 1 N–H and O–H groups in total. The molecule has 0 saturated carbocycles. The molecule has 2 unspecified atom stereocenters. The lowest BCUT2D eigenvalue weighted by Crippen LogP contribution is -2.23. The molecular formula is C11H19N3OS. The van der Waals surface area contributed by atoms with Crippen molar-refractivity contribution in [2.45, 2.75) is 32.7 Å². The summed E-state index contributed by atoms with van der Waals surface area (Å²) in [5, 5.41) is 3.22. The van der Waals surface area contributed by atoms with Crippen LogP contribution in [-0.4, -0.2) is 32.2 Å². The molecule has 2 atom stereocenters. The highest BCUT2D eigenvalue weighted by Crippen LogP contribution is 2.14. The van der Waals surface area contributed by atoms with Crippen molar-refractivity contribution in [3.8, 4) is 0 Å². The average molecular weight is 241 g/mol. The summed E-state index contributed by atoms with van der Waals surface area (Å²) >= 11 is 0. The number of rotatable bonds is 5. The van der Waals surface area contributed by atoms with Gasteiger partial charge in [0.1, 0.15) is 12.1 Å². The van der Waals surface area contributed by atoms with E-state index >= 15 is 0 Å². The molecule has 0 aliphatic heterocycles. The van der Waals surface area contributed by atoms with E-state index in [4.69, 9.17) is 0 Å². The van der Waals surface area contributed by atoms with Crippen LogP contribution in [0.25, 0.3) is 0 Å². The SMILES string of the molecule is CC(CS(C)=O)Nc1cc(C(C)C)ncn1. The average Bonchev–Trinajstić information content (AvgIpc) is 2.16. The van der Waals surface area contributed by atoms with Crippen molar-refractivity contribution in [3.05, 3.63) is 18.1 Å². The Morgan fingerprint density at radius 3 is 2.62 bits per heavy atom. The van der Waals surface area contributed by atoms with Crippen LogP contribution in [0.3, 0.4) is 0 Å². The highest BCUT2D eigenvalue weighted by atomic mass is 32.2. The third-order valence-corrected chi connectivity index (χ3v) is 3.13. The van der Waals surface area contributed by atoms with E-state index in [1.54, 1.807) is 12.6 Å². The minimum absolute atomic E-state index is 0.153. The van der Waals surface area contributed by atoms with Gasteiger partial charge in [0.2, 0.25) is 0 Å². The molecular weight excluding hydrogens is 222 g/mol. The monoisotopic (exact) mass is 241 g/mol. The van der Waals surface area contributed by atoms with Gasteiger partial charge in [-0.1, -0.05) is 13.8 Å².